The average molecular weight is 443 g/mol. The molecule has 1 atom stereocenters. The molecule has 10 heteroatoms. The first-order chi connectivity index (χ1) is 12.6. The lowest BCUT2D eigenvalue weighted by Gasteiger charge is -2.22. The van der Waals surface area contributed by atoms with Gasteiger partial charge in [0.05, 0.1) is 4.48 Å². The molecule has 27 heavy (non-hydrogen) atoms. The maximum absolute atomic E-state index is 12.1. The fourth-order valence-electron chi connectivity index (χ4n) is 2.47. The number of nitrogens with zero attached hydrogens (tertiary/aromatic N) is 3. The van der Waals surface area contributed by atoms with Gasteiger partial charge in [0.2, 0.25) is 5.89 Å². The summed E-state index contributed by atoms with van der Waals surface area (Å²) in [7, 11) is 0. The number of aryl methyl sites for hydroxylation is 1. The van der Waals surface area contributed by atoms with E-state index in [0.717, 1.165) is 0 Å². The number of hydrogen-bond acceptors (Lipinski definition) is 7. The summed E-state index contributed by atoms with van der Waals surface area (Å²) >= 11 is 3.06. The molecule has 0 saturated heterocycles. The minimum absolute atomic E-state index is 0.262. The van der Waals surface area contributed by atoms with E-state index >= 15 is 0 Å². The number of nitrogens with one attached hydrogen (secondary N) is 1. The highest BCUT2D eigenvalue weighted by molar-refractivity contribution is 9.12. The van der Waals surface area contributed by atoms with Crippen LogP contribution >= 0.6 is 15.9 Å². The van der Waals surface area contributed by atoms with Gasteiger partial charge in [-0.15, -0.1) is 0 Å². The van der Waals surface area contributed by atoms with Gasteiger partial charge in [0.25, 0.3) is 11.8 Å². The Labute approximate surface area is 165 Å². The normalized spacial score (nSPS) is 15.7. The lowest BCUT2D eigenvalue weighted by Crippen LogP contribution is -2.35. The highest BCUT2D eigenvalue weighted by Crippen LogP contribution is 2.21. The quantitative estimate of drug-likeness (QED) is 0.509. The molecule has 1 aliphatic heterocycles. The van der Waals surface area contributed by atoms with Gasteiger partial charge in [-0.2, -0.15) is 4.98 Å². The first kappa shape index (κ1) is 21.1. The van der Waals surface area contributed by atoms with Crippen molar-refractivity contribution in [1.29, 1.82) is 0 Å². The van der Waals surface area contributed by atoms with Gasteiger partial charge in [0.1, 0.15) is 11.6 Å². The van der Waals surface area contributed by atoms with E-state index in [4.69, 9.17) is 9.26 Å². The molecule has 0 unspecified atom stereocenters. The SMILES string of the molecule is Cc1noc([C@H](CCCCN2C(=O)C=C(Br)C2=O)NC(=O)OC(C)(C)C)n1. The Morgan fingerprint density at radius 3 is 2.59 bits per heavy atom. The second-order valence-electron chi connectivity index (χ2n) is 7.16. The Kier molecular flexibility index (Phi) is 6.74. The van der Waals surface area contributed by atoms with Crippen molar-refractivity contribution in [2.75, 3.05) is 6.54 Å². The minimum Gasteiger partial charge on any atom is -0.444 e. The smallest absolute Gasteiger partial charge is 0.408 e. The zero-order chi connectivity index (χ0) is 20.2. The van der Waals surface area contributed by atoms with E-state index in [1.807, 2.05) is 0 Å². The molecule has 0 saturated carbocycles. The Hall–Kier alpha value is -2.23. The van der Waals surface area contributed by atoms with Crippen molar-refractivity contribution in [3.05, 3.63) is 22.3 Å². The van der Waals surface area contributed by atoms with Crippen LogP contribution < -0.4 is 5.32 Å². The van der Waals surface area contributed by atoms with Crippen LogP contribution in [0.25, 0.3) is 0 Å². The third-order valence-electron chi connectivity index (χ3n) is 3.62. The highest BCUT2D eigenvalue weighted by atomic mass is 79.9. The monoisotopic (exact) mass is 442 g/mol. The van der Waals surface area contributed by atoms with Gasteiger partial charge in [-0.1, -0.05) is 5.16 Å². The van der Waals surface area contributed by atoms with Crippen molar-refractivity contribution >= 4 is 33.8 Å². The van der Waals surface area contributed by atoms with E-state index in [2.05, 4.69) is 31.4 Å². The Morgan fingerprint density at radius 1 is 1.37 bits per heavy atom. The van der Waals surface area contributed by atoms with Crippen molar-refractivity contribution in [2.45, 2.75) is 58.6 Å². The molecule has 0 spiro atoms. The molecule has 2 heterocycles. The Morgan fingerprint density at radius 2 is 2.07 bits per heavy atom. The number of ether oxygens (including phenoxy) is 1. The number of unbranched alkanes of at least 4 members (excludes halogenated alkanes) is 1. The molecule has 1 aromatic rings. The number of alkyl carbamates (subject to hydrolysis) is 1. The first-order valence-corrected chi connectivity index (χ1v) is 9.39. The molecule has 0 aliphatic carbocycles. The second-order valence-corrected chi connectivity index (χ2v) is 8.02. The van der Waals surface area contributed by atoms with Gasteiger partial charge >= 0.3 is 6.09 Å². The number of rotatable bonds is 7. The summed E-state index contributed by atoms with van der Waals surface area (Å²) in [6.45, 7) is 7.30. The largest absolute Gasteiger partial charge is 0.444 e. The van der Waals surface area contributed by atoms with Crippen LogP contribution in [0.3, 0.4) is 0 Å². The summed E-state index contributed by atoms with van der Waals surface area (Å²) in [4.78, 5) is 41.0. The van der Waals surface area contributed by atoms with E-state index in [0.29, 0.717) is 31.6 Å². The molecule has 9 nitrogen and oxygen atoms in total. The molecule has 2 rings (SSSR count). The molecule has 1 N–H and O–H groups in total. The Balaban J connectivity index is 1.90. The van der Waals surface area contributed by atoms with Gasteiger partial charge in [0, 0.05) is 12.6 Å². The van der Waals surface area contributed by atoms with E-state index < -0.39 is 17.7 Å². The molecule has 0 radical (unpaired) electrons. The number of imide groups is 1. The fourth-order valence-corrected chi connectivity index (χ4v) is 2.88. The maximum atomic E-state index is 12.1. The number of carbonyl (C=O) groups excluding carboxylic acids is 3. The zero-order valence-electron chi connectivity index (χ0n) is 15.7. The molecule has 148 valence electrons. The van der Waals surface area contributed by atoms with E-state index in [1.54, 1.807) is 27.7 Å². The molecule has 0 aromatic carbocycles. The van der Waals surface area contributed by atoms with Crippen molar-refractivity contribution in [1.82, 2.24) is 20.4 Å². The van der Waals surface area contributed by atoms with Crippen LogP contribution in [0.5, 0.6) is 0 Å². The summed E-state index contributed by atoms with van der Waals surface area (Å²) in [5.74, 6) is 0.0834. The number of halogens is 1. The molecule has 1 aromatic heterocycles. The fraction of sp³-hybridized carbons (Fsp3) is 0.588. The number of amides is 3. The van der Waals surface area contributed by atoms with Gasteiger partial charge in [-0.05, 0) is 62.9 Å². The van der Waals surface area contributed by atoms with Gasteiger partial charge in [0.15, 0.2) is 5.82 Å². The lowest BCUT2D eigenvalue weighted by molar-refractivity contribution is -0.136. The van der Waals surface area contributed by atoms with Crippen LogP contribution in [0, 0.1) is 6.92 Å². The lowest BCUT2D eigenvalue weighted by atomic mass is 10.1. The van der Waals surface area contributed by atoms with Crippen LogP contribution in [0.1, 0.15) is 57.8 Å². The second kappa shape index (κ2) is 8.64. The number of hydrogen-bond donors (Lipinski definition) is 1. The molecule has 3 amide bonds. The van der Waals surface area contributed by atoms with Crippen LogP contribution in [0.15, 0.2) is 15.1 Å². The van der Waals surface area contributed by atoms with Crippen molar-refractivity contribution in [3.63, 3.8) is 0 Å². The standard InChI is InChI=1S/C17H23BrN4O5/c1-10-19-14(27-21-10)12(20-16(25)26-17(2,3)4)7-5-6-8-22-13(23)9-11(18)15(22)24/h9,12H,5-8H2,1-4H3,(H,20,25)/t12-/m0/s1. The molecule has 0 bridgehead atoms. The predicted octanol–water partition coefficient (Wildman–Crippen LogP) is 2.76. The summed E-state index contributed by atoms with van der Waals surface area (Å²) < 4.78 is 10.7. The summed E-state index contributed by atoms with van der Waals surface area (Å²) in [5.41, 5.74) is -0.629. The van der Waals surface area contributed by atoms with Gasteiger partial charge in [-0.3, -0.25) is 14.5 Å². The van der Waals surface area contributed by atoms with Crippen LogP contribution in [-0.2, 0) is 14.3 Å². The summed E-state index contributed by atoms with van der Waals surface area (Å²) in [6.07, 6.45) is 2.37. The van der Waals surface area contributed by atoms with Crippen molar-refractivity contribution in [3.8, 4) is 0 Å². The average Bonchev–Trinajstić information content (AvgIpc) is 3.06. The predicted molar refractivity (Wildman–Crippen MR) is 98.7 cm³/mol. The molecular formula is C17H23BrN4O5. The van der Waals surface area contributed by atoms with E-state index in [-0.39, 0.29) is 22.2 Å². The van der Waals surface area contributed by atoms with Gasteiger partial charge < -0.3 is 14.6 Å². The van der Waals surface area contributed by atoms with Crippen LogP contribution in [0.4, 0.5) is 4.79 Å². The van der Waals surface area contributed by atoms with Crippen LogP contribution in [0.2, 0.25) is 0 Å². The van der Waals surface area contributed by atoms with E-state index in [1.165, 1.54) is 11.0 Å². The van der Waals surface area contributed by atoms with Gasteiger partial charge in [-0.25, -0.2) is 4.79 Å². The maximum Gasteiger partial charge on any atom is 0.408 e. The third kappa shape index (κ3) is 6.16. The van der Waals surface area contributed by atoms with Crippen LogP contribution in [-0.4, -0.2) is 45.1 Å². The summed E-state index contributed by atoms with van der Waals surface area (Å²) in [6, 6.07) is -0.518. The topological polar surface area (TPSA) is 115 Å². The third-order valence-corrected chi connectivity index (χ3v) is 4.19. The minimum atomic E-state index is -0.629. The number of aromatic nitrogens is 2. The summed E-state index contributed by atoms with van der Waals surface area (Å²) in [5, 5.41) is 6.48. The first-order valence-electron chi connectivity index (χ1n) is 8.59. The Bertz CT molecular complexity index is 753. The molecule has 0 fully saturated rings. The molecule has 1 aliphatic rings. The zero-order valence-corrected chi connectivity index (χ0v) is 17.3. The van der Waals surface area contributed by atoms with Crippen molar-refractivity contribution < 1.29 is 23.6 Å². The van der Waals surface area contributed by atoms with Crippen molar-refractivity contribution in [2.24, 2.45) is 0 Å². The van der Waals surface area contributed by atoms with E-state index in [9.17, 15) is 14.4 Å². The number of carbonyl (C=O) groups is 3. The highest BCUT2D eigenvalue weighted by Gasteiger charge is 2.29. The molecular weight excluding hydrogens is 420 g/mol.